The summed E-state index contributed by atoms with van der Waals surface area (Å²) in [4.78, 5) is 11.4. The van der Waals surface area contributed by atoms with Crippen molar-refractivity contribution < 1.29 is 19.0 Å². The monoisotopic (exact) mass is 198 g/mol. The molecular formula is C10H14O4. The standard InChI is InChI=1S/C10H14O4/c1-4-5-6-7-8(9(11)12-6)14-10(2,3)13-7/h4-8H,1-3H3/b5-4-/t6-,7+,8+/m0/s1. The molecule has 2 saturated heterocycles. The van der Waals surface area contributed by atoms with Crippen LogP contribution in [-0.4, -0.2) is 30.1 Å². The third kappa shape index (κ3) is 1.44. The summed E-state index contributed by atoms with van der Waals surface area (Å²) in [7, 11) is 0. The lowest BCUT2D eigenvalue weighted by molar-refractivity contribution is -0.183. The molecule has 0 aromatic carbocycles. The van der Waals surface area contributed by atoms with Crippen LogP contribution in [0.1, 0.15) is 20.8 Å². The van der Waals surface area contributed by atoms with Crippen LogP contribution in [0.5, 0.6) is 0 Å². The van der Waals surface area contributed by atoms with Gasteiger partial charge in [-0.25, -0.2) is 4.79 Å². The summed E-state index contributed by atoms with van der Waals surface area (Å²) >= 11 is 0. The summed E-state index contributed by atoms with van der Waals surface area (Å²) in [6.07, 6.45) is 2.49. The molecule has 0 spiro atoms. The first-order valence-electron chi connectivity index (χ1n) is 4.72. The van der Waals surface area contributed by atoms with Gasteiger partial charge in [0.1, 0.15) is 12.2 Å². The molecule has 14 heavy (non-hydrogen) atoms. The first-order valence-corrected chi connectivity index (χ1v) is 4.72. The van der Waals surface area contributed by atoms with Gasteiger partial charge in [-0.1, -0.05) is 6.08 Å². The summed E-state index contributed by atoms with van der Waals surface area (Å²) in [6, 6.07) is 0. The van der Waals surface area contributed by atoms with Crippen LogP contribution in [0, 0.1) is 0 Å². The largest absolute Gasteiger partial charge is 0.453 e. The number of carbonyl (C=O) groups is 1. The Labute approximate surface area is 82.8 Å². The number of fused-ring (bicyclic) bond motifs is 1. The van der Waals surface area contributed by atoms with Crippen molar-refractivity contribution in [2.45, 2.75) is 44.9 Å². The molecule has 0 amide bonds. The Balaban J connectivity index is 2.18. The smallest absolute Gasteiger partial charge is 0.339 e. The highest BCUT2D eigenvalue weighted by Crippen LogP contribution is 2.36. The van der Waals surface area contributed by atoms with E-state index in [0.717, 1.165) is 0 Å². The highest BCUT2D eigenvalue weighted by Gasteiger charge is 2.54. The molecule has 0 saturated carbocycles. The molecule has 0 aromatic rings. The lowest BCUT2D eigenvalue weighted by Gasteiger charge is -2.19. The van der Waals surface area contributed by atoms with Gasteiger partial charge in [0.2, 0.25) is 0 Å². The van der Waals surface area contributed by atoms with Crippen LogP contribution in [0.2, 0.25) is 0 Å². The van der Waals surface area contributed by atoms with Crippen LogP contribution in [0.3, 0.4) is 0 Å². The van der Waals surface area contributed by atoms with E-state index in [2.05, 4.69) is 0 Å². The molecule has 3 atom stereocenters. The van der Waals surface area contributed by atoms with E-state index in [-0.39, 0.29) is 18.2 Å². The molecule has 2 aliphatic heterocycles. The van der Waals surface area contributed by atoms with Gasteiger partial charge >= 0.3 is 5.97 Å². The molecule has 4 heteroatoms. The number of hydrogen-bond acceptors (Lipinski definition) is 4. The third-order valence-corrected chi connectivity index (χ3v) is 2.32. The van der Waals surface area contributed by atoms with Gasteiger partial charge in [-0.2, -0.15) is 0 Å². The molecule has 0 radical (unpaired) electrons. The van der Waals surface area contributed by atoms with Crippen molar-refractivity contribution in [2.24, 2.45) is 0 Å². The van der Waals surface area contributed by atoms with E-state index >= 15 is 0 Å². The van der Waals surface area contributed by atoms with Crippen LogP contribution in [0.25, 0.3) is 0 Å². The second-order valence-corrected chi connectivity index (χ2v) is 3.95. The number of esters is 1. The van der Waals surface area contributed by atoms with Crippen molar-refractivity contribution in [3.8, 4) is 0 Å². The van der Waals surface area contributed by atoms with Crippen molar-refractivity contribution in [3.05, 3.63) is 12.2 Å². The van der Waals surface area contributed by atoms with E-state index in [1.165, 1.54) is 0 Å². The average molecular weight is 198 g/mol. The fourth-order valence-electron chi connectivity index (χ4n) is 1.82. The predicted molar refractivity (Wildman–Crippen MR) is 48.5 cm³/mol. The Morgan fingerprint density at radius 3 is 2.71 bits per heavy atom. The number of ether oxygens (including phenoxy) is 3. The Kier molecular flexibility index (Phi) is 2.12. The number of rotatable bonds is 1. The van der Waals surface area contributed by atoms with Gasteiger partial charge in [0.05, 0.1) is 0 Å². The van der Waals surface area contributed by atoms with Gasteiger partial charge in [-0.3, -0.25) is 0 Å². The molecule has 0 bridgehead atoms. The first-order chi connectivity index (χ1) is 6.53. The van der Waals surface area contributed by atoms with Crippen LogP contribution >= 0.6 is 0 Å². The zero-order chi connectivity index (χ0) is 10.3. The fraction of sp³-hybridized carbons (Fsp3) is 0.700. The highest BCUT2D eigenvalue weighted by molar-refractivity contribution is 5.79. The minimum absolute atomic E-state index is 0.298. The SMILES string of the molecule is C/C=C\[C@@H]1OC(=O)[C@@H]2OC(C)(C)O[C@H]12. The zero-order valence-corrected chi connectivity index (χ0v) is 8.52. The van der Waals surface area contributed by atoms with Gasteiger partial charge < -0.3 is 14.2 Å². The normalized spacial score (nSPS) is 40.2. The minimum Gasteiger partial charge on any atom is -0.453 e. The van der Waals surface area contributed by atoms with E-state index in [9.17, 15) is 4.79 Å². The number of allylic oxidation sites excluding steroid dienone is 1. The molecular weight excluding hydrogens is 184 g/mol. The lowest BCUT2D eigenvalue weighted by atomic mass is 10.1. The molecule has 2 fully saturated rings. The predicted octanol–water partition coefficient (Wildman–Crippen LogP) is 1.01. The van der Waals surface area contributed by atoms with Crippen LogP contribution in [0.4, 0.5) is 0 Å². The minimum atomic E-state index is -0.686. The average Bonchev–Trinajstić information content (AvgIpc) is 2.51. The Morgan fingerprint density at radius 1 is 1.36 bits per heavy atom. The van der Waals surface area contributed by atoms with Gasteiger partial charge in [-0.05, 0) is 26.8 Å². The molecule has 2 aliphatic rings. The number of carbonyl (C=O) groups excluding carboxylic acids is 1. The third-order valence-electron chi connectivity index (χ3n) is 2.32. The number of cyclic esters (lactones) is 1. The van der Waals surface area contributed by atoms with Crippen molar-refractivity contribution in [1.82, 2.24) is 0 Å². The Hall–Kier alpha value is -0.870. The molecule has 0 unspecified atom stereocenters. The summed E-state index contributed by atoms with van der Waals surface area (Å²) in [5, 5.41) is 0. The molecule has 2 heterocycles. The first kappa shape index (κ1) is 9.68. The summed E-state index contributed by atoms with van der Waals surface area (Å²) in [5.41, 5.74) is 0. The van der Waals surface area contributed by atoms with Crippen LogP contribution < -0.4 is 0 Å². The van der Waals surface area contributed by atoms with Gasteiger partial charge in [0.25, 0.3) is 0 Å². The van der Waals surface area contributed by atoms with Gasteiger partial charge in [0, 0.05) is 0 Å². The summed E-state index contributed by atoms with van der Waals surface area (Å²) < 4.78 is 16.1. The summed E-state index contributed by atoms with van der Waals surface area (Å²) in [5.74, 6) is -1.02. The van der Waals surface area contributed by atoms with E-state index < -0.39 is 11.9 Å². The Morgan fingerprint density at radius 2 is 2.07 bits per heavy atom. The van der Waals surface area contributed by atoms with Gasteiger partial charge in [-0.15, -0.1) is 0 Å². The highest BCUT2D eigenvalue weighted by atomic mass is 16.8. The maximum atomic E-state index is 11.4. The summed E-state index contributed by atoms with van der Waals surface area (Å²) in [6.45, 7) is 5.47. The fourth-order valence-corrected chi connectivity index (χ4v) is 1.82. The van der Waals surface area contributed by atoms with Crippen molar-refractivity contribution in [3.63, 3.8) is 0 Å². The maximum Gasteiger partial charge on any atom is 0.339 e. The van der Waals surface area contributed by atoms with E-state index in [1.807, 2.05) is 19.1 Å². The van der Waals surface area contributed by atoms with Crippen LogP contribution in [-0.2, 0) is 19.0 Å². The van der Waals surface area contributed by atoms with Crippen molar-refractivity contribution >= 4 is 5.97 Å². The van der Waals surface area contributed by atoms with E-state index in [1.54, 1.807) is 13.8 Å². The van der Waals surface area contributed by atoms with E-state index in [0.29, 0.717) is 0 Å². The number of hydrogen-bond donors (Lipinski definition) is 0. The van der Waals surface area contributed by atoms with Crippen molar-refractivity contribution in [2.75, 3.05) is 0 Å². The maximum absolute atomic E-state index is 11.4. The lowest BCUT2D eigenvalue weighted by Crippen LogP contribution is -2.28. The quantitative estimate of drug-likeness (QED) is 0.466. The molecule has 2 rings (SSSR count). The molecule has 0 aliphatic carbocycles. The molecule has 78 valence electrons. The molecule has 4 nitrogen and oxygen atoms in total. The molecule has 0 aromatic heterocycles. The second kappa shape index (κ2) is 3.07. The van der Waals surface area contributed by atoms with E-state index in [4.69, 9.17) is 14.2 Å². The van der Waals surface area contributed by atoms with Gasteiger partial charge in [0.15, 0.2) is 11.9 Å². The second-order valence-electron chi connectivity index (χ2n) is 3.95. The molecule has 0 N–H and O–H groups in total. The van der Waals surface area contributed by atoms with Crippen molar-refractivity contribution in [1.29, 1.82) is 0 Å². The topological polar surface area (TPSA) is 44.8 Å². The Bertz CT molecular complexity index is 282. The zero-order valence-electron chi connectivity index (χ0n) is 8.52. The van der Waals surface area contributed by atoms with Crippen LogP contribution in [0.15, 0.2) is 12.2 Å².